The fraction of sp³-hybridized carbons (Fsp3) is 0.250. The van der Waals surface area contributed by atoms with Crippen LogP contribution in [0.25, 0.3) is 0 Å². The zero-order chi connectivity index (χ0) is 8.27. The summed E-state index contributed by atoms with van der Waals surface area (Å²) in [6.45, 7) is 0. The third kappa shape index (κ3) is 2.37. The van der Waals surface area contributed by atoms with E-state index in [0.717, 1.165) is 11.6 Å². The molecule has 0 atom stereocenters. The Kier molecular flexibility index (Phi) is 2.21. The Morgan fingerprint density at radius 1 is 1.55 bits per heavy atom. The summed E-state index contributed by atoms with van der Waals surface area (Å²) in [4.78, 5) is 20.7. The van der Waals surface area contributed by atoms with Crippen molar-refractivity contribution in [3.8, 4) is 0 Å². The first kappa shape index (κ1) is 7.72. The lowest BCUT2D eigenvalue weighted by molar-refractivity contribution is -0.131. The monoisotopic (exact) mass is 152 g/mol. The van der Waals surface area contributed by atoms with Crippen LogP contribution >= 0.6 is 0 Å². The van der Waals surface area contributed by atoms with Gasteiger partial charge in [-0.2, -0.15) is 0 Å². The lowest BCUT2D eigenvalue weighted by Crippen LogP contribution is -1.85. The second kappa shape index (κ2) is 3.14. The van der Waals surface area contributed by atoms with Gasteiger partial charge < -0.3 is 5.11 Å². The van der Waals surface area contributed by atoms with Crippen LogP contribution in [0.2, 0.25) is 0 Å². The van der Waals surface area contributed by atoms with Gasteiger partial charge in [-0.05, 0) is 18.1 Å². The minimum Gasteiger partial charge on any atom is -0.478 e. The van der Waals surface area contributed by atoms with Gasteiger partial charge in [-0.15, -0.1) is 0 Å². The summed E-state index contributed by atoms with van der Waals surface area (Å²) in [6.07, 6.45) is 5.18. The van der Waals surface area contributed by atoms with E-state index in [-0.39, 0.29) is 5.78 Å². The van der Waals surface area contributed by atoms with E-state index in [1.807, 2.05) is 0 Å². The molecule has 11 heavy (non-hydrogen) atoms. The summed E-state index contributed by atoms with van der Waals surface area (Å²) in [5.74, 6) is -0.903. The Morgan fingerprint density at radius 2 is 2.27 bits per heavy atom. The van der Waals surface area contributed by atoms with E-state index < -0.39 is 5.97 Å². The molecule has 0 aromatic heterocycles. The number of allylic oxidation sites excluding steroid dienone is 3. The molecule has 0 spiro atoms. The second-order valence-corrected chi connectivity index (χ2v) is 2.36. The van der Waals surface area contributed by atoms with Crippen LogP contribution in [0.1, 0.15) is 12.8 Å². The van der Waals surface area contributed by atoms with E-state index in [4.69, 9.17) is 5.11 Å². The van der Waals surface area contributed by atoms with Crippen molar-refractivity contribution in [2.24, 2.45) is 0 Å². The van der Waals surface area contributed by atoms with Gasteiger partial charge in [-0.1, -0.05) is 6.08 Å². The largest absolute Gasteiger partial charge is 0.478 e. The molecule has 1 N–H and O–H groups in total. The van der Waals surface area contributed by atoms with E-state index in [1.165, 1.54) is 12.2 Å². The lowest BCUT2D eigenvalue weighted by atomic mass is 10.2. The summed E-state index contributed by atoms with van der Waals surface area (Å²) in [7, 11) is 0. The van der Waals surface area contributed by atoms with Crippen molar-refractivity contribution in [1.82, 2.24) is 0 Å². The van der Waals surface area contributed by atoms with E-state index in [0.29, 0.717) is 12.8 Å². The molecule has 0 aromatic rings. The SMILES string of the molecule is O=C(O)C=CC1=CC(=O)CC1. The van der Waals surface area contributed by atoms with Gasteiger partial charge in [0.05, 0.1) is 0 Å². The minimum atomic E-state index is -0.981. The summed E-state index contributed by atoms with van der Waals surface area (Å²) < 4.78 is 0. The van der Waals surface area contributed by atoms with Crippen LogP contribution in [0.5, 0.6) is 0 Å². The molecule has 0 bridgehead atoms. The van der Waals surface area contributed by atoms with Crippen LogP contribution in [0.15, 0.2) is 23.8 Å². The molecule has 0 aliphatic heterocycles. The summed E-state index contributed by atoms with van der Waals surface area (Å²) in [5.41, 5.74) is 0.803. The maximum absolute atomic E-state index is 10.6. The molecule has 0 aromatic carbocycles. The van der Waals surface area contributed by atoms with Crippen molar-refractivity contribution < 1.29 is 14.7 Å². The van der Waals surface area contributed by atoms with E-state index >= 15 is 0 Å². The molecule has 0 amide bonds. The highest BCUT2D eigenvalue weighted by Crippen LogP contribution is 2.15. The Balaban J connectivity index is 2.57. The first-order valence-electron chi connectivity index (χ1n) is 3.33. The molecule has 1 rings (SSSR count). The average Bonchev–Trinajstić information content (AvgIpc) is 2.31. The smallest absolute Gasteiger partial charge is 0.328 e. The maximum Gasteiger partial charge on any atom is 0.328 e. The van der Waals surface area contributed by atoms with Crippen LogP contribution in [0, 0.1) is 0 Å². The van der Waals surface area contributed by atoms with Crippen LogP contribution in [-0.4, -0.2) is 16.9 Å². The van der Waals surface area contributed by atoms with E-state index in [1.54, 1.807) is 0 Å². The Labute approximate surface area is 64.0 Å². The molecular formula is C8H8O3. The molecule has 58 valence electrons. The van der Waals surface area contributed by atoms with Crippen LogP contribution in [0.4, 0.5) is 0 Å². The van der Waals surface area contributed by atoms with Gasteiger partial charge in [0.1, 0.15) is 0 Å². The lowest BCUT2D eigenvalue weighted by Gasteiger charge is -1.85. The average molecular weight is 152 g/mol. The number of ketones is 1. The van der Waals surface area contributed by atoms with Crippen LogP contribution in [-0.2, 0) is 9.59 Å². The van der Waals surface area contributed by atoms with Crippen molar-refractivity contribution in [2.75, 3.05) is 0 Å². The van der Waals surface area contributed by atoms with Gasteiger partial charge in [-0.25, -0.2) is 4.79 Å². The molecule has 3 heteroatoms. The quantitative estimate of drug-likeness (QED) is 0.598. The maximum atomic E-state index is 10.6. The van der Waals surface area contributed by atoms with E-state index in [2.05, 4.69) is 0 Å². The number of carboxylic acid groups (broad SMARTS) is 1. The number of carboxylic acids is 1. The summed E-state index contributed by atoms with van der Waals surface area (Å²) >= 11 is 0. The fourth-order valence-corrected chi connectivity index (χ4v) is 0.928. The Hall–Kier alpha value is -1.38. The molecule has 1 aliphatic rings. The van der Waals surface area contributed by atoms with Gasteiger partial charge in [0.15, 0.2) is 5.78 Å². The van der Waals surface area contributed by atoms with Crippen molar-refractivity contribution in [3.05, 3.63) is 23.8 Å². The standard InChI is InChI=1S/C8H8O3/c9-7-3-1-6(5-7)2-4-8(10)11/h2,4-5H,1,3H2,(H,10,11). The van der Waals surface area contributed by atoms with Gasteiger partial charge in [0.2, 0.25) is 0 Å². The number of hydrogen-bond donors (Lipinski definition) is 1. The fourth-order valence-electron chi connectivity index (χ4n) is 0.928. The highest BCUT2D eigenvalue weighted by molar-refractivity contribution is 5.94. The molecule has 0 radical (unpaired) electrons. The second-order valence-electron chi connectivity index (χ2n) is 2.36. The van der Waals surface area contributed by atoms with Gasteiger partial charge in [0.25, 0.3) is 0 Å². The normalized spacial score (nSPS) is 17.5. The zero-order valence-corrected chi connectivity index (χ0v) is 5.91. The number of carbonyl (C=O) groups is 2. The number of rotatable bonds is 2. The molecule has 0 saturated carbocycles. The number of carbonyl (C=O) groups excluding carboxylic acids is 1. The van der Waals surface area contributed by atoms with Crippen molar-refractivity contribution in [3.63, 3.8) is 0 Å². The van der Waals surface area contributed by atoms with Gasteiger partial charge in [-0.3, -0.25) is 4.79 Å². The van der Waals surface area contributed by atoms with E-state index in [9.17, 15) is 9.59 Å². The van der Waals surface area contributed by atoms with Crippen molar-refractivity contribution >= 4 is 11.8 Å². The molecule has 0 unspecified atom stereocenters. The third-order valence-electron chi connectivity index (χ3n) is 1.45. The van der Waals surface area contributed by atoms with Gasteiger partial charge >= 0.3 is 5.97 Å². The first-order chi connectivity index (χ1) is 5.18. The zero-order valence-electron chi connectivity index (χ0n) is 5.91. The summed E-state index contributed by atoms with van der Waals surface area (Å²) in [5, 5.41) is 8.24. The van der Waals surface area contributed by atoms with Crippen LogP contribution in [0.3, 0.4) is 0 Å². The molecule has 0 heterocycles. The predicted octanol–water partition coefficient (Wildman–Crippen LogP) is 0.917. The van der Waals surface area contributed by atoms with Crippen molar-refractivity contribution in [2.45, 2.75) is 12.8 Å². The Morgan fingerprint density at radius 3 is 2.73 bits per heavy atom. The number of aliphatic carboxylic acids is 1. The van der Waals surface area contributed by atoms with Gasteiger partial charge in [0, 0.05) is 12.5 Å². The topological polar surface area (TPSA) is 54.4 Å². The van der Waals surface area contributed by atoms with Crippen LogP contribution < -0.4 is 0 Å². The minimum absolute atomic E-state index is 0.0787. The molecule has 1 aliphatic carbocycles. The van der Waals surface area contributed by atoms with Crippen molar-refractivity contribution in [1.29, 1.82) is 0 Å². The molecule has 0 fully saturated rings. The summed E-state index contributed by atoms with van der Waals surface area (Å²) in [6, 6.07) is 0. The molecular weight excluding hydrogens is 144 g/mol. The third-order valence-corrected chi connectivity index (χ3v) is 1.45. The molecule has 3 nitrogen and oxygen atoms in total. The predicted molar refractivity (Wildman–Crippen MR) is 39.1 cm³/mol. The highest BCUT2D eigenvalue weighted by Gasteiger charge is 2.08. The first-order valence-corrected chi connectivity index (χ1v) is 3.33. The molecule has 0 saturated heterocycles. The Bertz CT molecular complexity index is 248. The number of hydrogen-bond acceptors (Lipinski definition) is 2. The highest BCUT2D eigenvalue weighted by atomic mass is 16.4.